The van der Waals surface area contributed by atoms with E-state index < -0.39 is 0 Å². The SMILES string of the molecule is CN=C(NCCc1ccccn1)N(C)CCOCC1CC1.I. The predicted molar refractivity (Wildman–Crippen MR) is 101 cm³/mol. The number of hydrogen-bond donors (Lipinski definition) is 1. The van der Waals surface area contributed by atoms with Gasteiger partial charge in [0.15, 0.2) is 5.96 Å². The van der Waals surface area contributed by atoms with Crippen molar-refractivity contribution in [3.05, 3.63) is 30.1 Å². The molecule has 5 nitrogen and oxygen atoms in total. The van der Waals surface area contributed by atoms with Gasteiger partial charge in [0.2, 0.25) is 0 Å². The zero-order chi connectivity index (χ0) is 14.9. The van der Waals surface area contributed by atoms with Crippen LogP contribution in [-0.2, 0) is 11.2 Å². The van der Waals surface area contributed by atoms with Gasteiger partial charge in [-0.3, -0.25) is 9.98 Å². The molecule has 0 spiro atoms. The van der Waals surface area contributed by atoms with E-state index in [1.807, 2.05) is 38.5 Å². The maximum atomic E-state index is 5.66. The van der Waals surface area contributed by atoms with E-state index in [-0.39, 0.29) is 24.0 Å². The predicted octanol–water partition coefficient (Wildman–Crippen LogP) is 2.18. The Kier molecular flexibility index (Phi) is 9.38. The highest BCUT2D eigenvalue weighted by Crippen LogP contribution is 2.28. The van der Waals surface area contributed by atoms with Crippen LogP contribution in [0.4, 0.5) is 0 Å². The van der Waals surface area contributed by atoms with Gasteiger partial charge in [-0.05, 0) is 30.9 Å². The first-order valence-electron chi connectivity index (χ1n) is 7.69. The van der Waals surface area contributed by atoms with E-state index in [4.69, 9.17) is 4.74 Å². The molecule has 0 aromatic carbocycles. The summed E-state index contributed by atoms with van der Waals surface area (Å²) in [6, 6.07) is 5.99. The van der Waals surface area contributed by atoms with Gasteiger partial charge in [-0.1, -0.05) is 6.07 Å². The monoisotopic (exact) mass is 418 g/mol. The summed E-state index contributed by atoms with van der Waals surface area (Å²) in [5.74, 6) is 1.73. The minimum Gasteiger partial charge on any atom is -0.379 e. The number of pyridine rings is 1. The van der Waals surface area contributed by atoms with Crippen LogP contribution < -0.4 is 5.32 Å². The van der Waals surface area contributed by atoms with Gasteiger partial charge < -0.3 is 15.0 Å². The molecule has 1 aromatic rings. The van der Waals surface area contributed by atoms with E-state index in [1.54, 1.807) is 0 Å². The highest BCUT2D eigenvalue weighted by Gasteiger charge is 2.21. The molecule has 1 fully saturated rings. The second kappa shape index (κ2) is 10.8. The van der Waals surface area contributed by atoms with Gasteiger partial charge >= 0.3 is 0 Å². The van der Waals surface area contributed by atoms with E-state index in [9.17, 15) is 0 Å². The number of ether oxygens (including phenoxy) is 1. The van der Waals surface area contributed by atoms with Gasteiger partial charge in [-0.15, -0.1) is 24.0 Å². The molecule has 1 aliphatic rings. The normalized spacial score (nSPS) is 14.4. The molecule has 1 aliphatic carbocycles. The van der Waals surface area contributed by atoms with Crippen LogP contribution in [0.5, 0.6) is 0 Å². The van der Waals surface area contributed by atoms with Crippen molar-refractivity contribution in [2.24, 2.45) is 10.9 Å². The molecule has 1 saturated carbocycles. The number of likely N-dealkylation sites (N-methyl/N-ethyl adjacent to an activating group) is 1. The lowest BCUT2D eigenvalue weighted by atomic mass is 10.3. The molecule has 124 valence electrons. The fraction of sp³-hybridized carbons (Fsp3) is 0.625. The average Bonchev–Trinajstić information content (AvgIpc) is 3.33. The Morgan fingerprint density at radius 2 is 2.27 bits per heavy atom. The van der Waals surface area contributed by atoms with E-state index in [0.717, 1.165) is 50.3 Å². The fourth-order valence-corrected chi connectivity index (χ4v) is 2.08. The van der Waals surface area contributed by atoms with Crippen molar-refractivity contribution < 1.29 is 4.74 Å². The van der Waals surface area contributed by atoms with E-state index in [0.29, 0.717) is 0 Å². The van der Waals surface area contributed by atoms with Crippen LogP contribution in [0.15, 0.2) is 29.4 Å². The number of halogens is 1. The molecule has 22 heavy (non-hydrogen) atoms. The minimum atomic E-state index is 0. The van der Waals surface area contributed by atoms with Crippen LogP contribution in [0.3, 0.4) is 0 Å². The molecular weight excluding hydrogens is 391 g/mol. The third-order valence-corrected chi connectivity index (χ3v) is 3.59. The number of rotatable bonds is 8. The lowest BCUT2D eigenvalue weighted by Gasteiger charge is -2.22. The molecule has 0 aliphatic heterocycles. The van der Waals surface area contributed by atoms with Crippen LogP contribution in [0.1, 0.15) is 18.5 Å². The number of hydrogen-bond acceptors (Lipinski definition) is 3. The van der Waals surface area contributed by atoms with Gasteiger partial charge in [-0.25, -0.2) is 0 Å². The lowest BCUT2D eigenvalue weighted by Crippen LogP contribution is -2.41. The Morgan fingerprint density at radius 1 is 1.45 bits per heavy atom. The third-order valence-electron chi connectivity index (χ3n) is 3.59. The third kappa shape index (κ3) is 7.40. The number of nitrogens with zero attached hydrogens (tertiary/aromatic N) is 3. The molecule has 0 atom stereocenters. The van der Waals surface area contributed by atoms with Crippen molar-refractivity contribution in [3.63, 3.8) is 0 Å². The van der Waals surface area contributed by atoms with Crippen LogP contribution in [0, 0.1) is 5.92 Å². The van der Waals surface area contributed by atoms with E-state index in [1.165, 1.54) is 12.8 Å². The first kappa shape index (κ1) is 19.2. The maximum absolute atomic E-state index is 5.66. The zero-order valence-corrected chi connectivity index (χ0v) is 15.8. The quantitative estimate of drug-likeness (QED) is 0.304. The lowest BCUT2D eigenvalue weighted by molar-refractivity contribution is 0.115. The molecule has 0 bridgehead atoms. The molecule has 2 rings (SSSR count). The molecule has 1 heterocycles. The van der Waals surface area contributed by atoms with Crippen LogP contribution in [0.25, 0.3) is 0 Å². The Labute approximate surface area is 150 Å². The topological polar surface area (TPSA) is 49.8 Å². The summed E-state index contributed by atoms with van der Waals surface area (Å²) in [7, 11) is 3.85. The highest BCUT2D eigenvalue weighted by atomic mass is 127. The van der Waals surface area contributed by atoms with Gasteiger partial charge in [-0.2, -0.15) is 0 Å². The Hall–Kier alpha value is -0.890. The summed E-state index contributed by atoms with van der Waals surface area (Å²) >= 11 is 0. The first-order chi connectivity index (χ1) is 10.3. The van der Waals surface area contributed by atoms with E-state index >= 15 is 0 Å². The van der Waals surface area contributed by atoms with E-state index in [2.05, 4.69) is 20.2 Å². The van der Waals surface area contributed by atoms with Crippen molar-refractivity contribution in [1.29, 1.82) is 0 Å². The Balaban J connectivity index is 0.00000242. The molecule has 0 amide bonds. The average molecular weight is 418 g/mol. The standard InChI is InChI=1S/C16H26N4O.HI/c1-17-16(19-10-8-15-5-3-4-9-18-15)20(2)11-12-21-13-14-6-7-14;/h3-5,9,14H,6-8,10-13H2,1-2H3,(H,17,19);1H. The Bertz CT molecular complexity index is 437. The largest absolute Gasteiger partial charge is 0.379 e. The highest BCUT2D eigenvalue weighted by molar-refractivity contribution is 14.0. The summed E-state index contributed by atoms with van der Waals surface area (Å²) in [6.07, 6.45) is 5.40. The van der Waals surface area contributed by atoms with Crippen molar-refractivity contribution in [3.8, 4) is 0 Å². The second-order valence-electron chi connectivity index (χ2n) is 5.48. The number of aromatic nitrogens is 1. The van der Waals surface area contributed by atoms with Gasteiger partial charge in [0.1, 0.15) is 0 Å². The summed E-state index contributed by atoms with van der Waals surface area (Å²) in [6.45, 7) is 3.36. The maximum Gasteiger partial charge on any atom is 0.193 e. The van der Waals surface area contributed by atoms with Crippen molar-refractivity contribution in [1.82, 2.24) is 15.2 Å². The van der Waals surface area contributed by atoms with Crippen LogP contribution in [-0.4, -0.2) is 56.2 Å². The zero-order valence-electron chi connectivity index (χ0n) is 13.5. The Morgan fingerprint density at radius 3 is 2.91 bits per heavy atom. The number of guanidine groups is 1. The van der Waals surface area contributed by atoms with Gasteiger partial charge in [0.25, 0.3) is 0 Å². The fourth-order valence-electron chi connectivity index (χ4n) is 2.08. The molecule has 0 radical (unpaired) electrons. The second-order valence-corrected chi connectivity index (χ2v) is 5.48. The van der Waals surface area contributed by atoms with Crippen molar-refractivity contribution >= 4 is 29.9 Å². The smallest absolute Gasteiger partial charge is 0.193 e. The summed E-state index contributed by atoms with van der Waals surface area (Å²) in [4.78, 5) is 10.7. The molecule has 0 unspecified atom stereocenters. The van der Waals surface area contributed by atoms with Crippen molar-refractivity contribution in [2.75, 3.05) is 40.4 Å². The molecule has 1 aromatic heterocycles. The minimum absolute atomic E-state index is 0. The summed E-state index contributed by atoms with van der Waals surface area (Å²) < 4.78 is 5.66. The van der Waals surface area contributed by atoms with Crippen LogP contribution >= 0.6 is 24.0 Å². The number of aliphatic imine (C=N–C) groups is 1. The number of nitrogens with one attached hydrogen (secondary N) is 1. The van der Waals surface area contributed by atoms with Gasteiger partial charge in [0, 0.05) is 52.1 Å². The first-order valence-corrected chi connectivity index (χ1v) is 7.69. The molecular formula is C16H27IN4O. The molecule has 1 N–H and O–H groups in total. The van der Waals surface area contributed by atoms with Crippen LogP contribution in [0.2, 0.25) is 0 Å². The van der Waals surface area contributed by atoms with Gasteiger partial charge in [0.05, 0.1) is 6.61 Å². The summed E-state index contributed by atoms with van der Waals surface area (Å²) in [5.41, 5.74) is 1.09. The molecule has 0 saturated heterocycles. The van der Waals surface area contributed by atoms with Crippen molar-refractivity contribution in [2.45, 2.75) is 19.3 Å². The summed E-state index contributed by atoms with van der Waals surface area (Å²) in [5, 5.41) is 3.36. The molecule has 6 heteroatoms.